The Labute approximate surface area is 152 Å². The van der Waals surface area contributed by atoms with E-state index in [1.54, 1.807) is 42.7 Å². The smallest absolute Gasteiger partial charge is 0.255 e. The third kappa shape index (κ3) is 4.19. The number of anilines is 1. The lowest BCUT2D eigenvalue weighted by Gasteiger charge is -2.09. The van der Waals surface area contributed by atoms with Gasteiger partial charge in [-0.3, -0.25) is 9.59 Å². The lowest BCUT2D eigenvalue weighted by molar-refractivity contribution is 0.0948. The van der Waals surface area contributed by atoms with Crippen LogP contribution in [0.4, 0.5) is 5.69 Å². The Kier molecular flexibility index (Phi) is 5.17. The van der Waals surface area contributed by atoms with E-state index in [0.29, 0.717) is 23.4 Å². The van der Waals surface area contributed by atoms with Crippen LogP contribution in [0.1, 0.15) is 37.6 Å². The molecule has 132 valence electrons. The van der Waals surface area contributed by atoms with Crippen LogP contribution in [0.3, 0.4) is 0 Å². The molecule has 0 fully saturated rings. The van der Waals surface area contributed by atoms with Crippen molar-refractivity contribution in [3.63, 3.8) is 0 Å². The van der Waals surface area contributed by atoms with E-state index in [0.717, 1.165) is 11.3 Å². The first-order valence-corrected chi connectivity index (χ1v) is 8.32. The Hall–Kier alpha value is -3.34. The summed E-state index contributed by atoms with van der Waals surface area (Å²) in [6, 6.07) is 15.9. The van der Waals surface area contributed by atoms with Crippen LogP contribution in [0.25, 0.3) is 0 Å². The first-order chi connectivity index (χ1) is 12.5. The van der Waals surface area contributed by atoms with Crippen LogP contribution < -0.4 is 10.6 Å². The molecule has 3 rings (SSSR count). The maximum absolute atomic E-state index is 12.5. The molecule has 2 amide bonds. The summed E-state index contributed by atoms with van der Waals surface area (Å²) in [4.78, 5) is 24.7. The highest BCUT2D eigenvalue weighted by Crippen LogP contribution is 2.16. The minimum absolute atomic E-state index is 0.256. The van der Waals surface area contributed by atoms with Crippen molar-refractivity contribution in [1.29, 1.82) is 0 Å². The molecule has 0 aliphatic heterocycles. The van der Waals surface area contributed by atoms with Gasteiger partial charge >= 0.3 is 0 Å². The lowest BCUT2D eigenvalue weighted by Crippen LogP contribution is -2.23. The zero-order valence-electron chi connectivity index (χ0n) is 14.7. The Morgan fingerprint density at radius 2 is 1.65 bits per heavy atom. The summed E-state index contributed by atoms with van der Waals surface area (Å²) in [5, 5.41) is 5.63. The normalized spacial score (nSPS) is 10.4. The summed E-state index contributed by atoms with van der Waals surface area (Å²) in [6.07, 6.45) is 1.55. The van der Waals surface area contributed by atoms with Gasteiger partial charge in [0.2, 0.25) is 0 Å². The standard InChI is InChI=1S/C21H20N2O3/c1-14-8-9-18(11-15(14)2)23-21(25)17-6-3-5-16(12-17)20(24)22-13-19-7-4-10-26-19/h3-12H,13H2,1-2H3,(H,22,24)(H,23,25). The molecule has 3 aromatic rings. The monoisotopic (exact) mass is 348 g/mol. The number of carbonyl (C=O) groups is 2. The van der Waals surface area contributed by atoms with Crippen molar-refractivity contribution in [1.82, 2.24) is 5.32 Å². The molecule has 0 aliphatic carbocycles. The summed E-state index contributed by atoms with van der Waals surface area (Å²) in [6.45, 7) is 4.31. The zero-order valence-corrected chi connectivity index (χ0v) is 14.7. The van der Waals surface area contributed by atoms with Crippen LogP contribution in [0.2, 0.25) is 0 Å². The minimum Gasteiger partial charge on any atom is -0.467 e. The number of rotatable bonds is 5. The van der Waals surface area contributed by atoms with Crippen LogP contribution in [0.5, 0.6) is 0 Å². The number of hydrogen-bond donors (Lipinski definition) is 2. The molecule has 2 N–H and O–H groups in total. The Morgan fingerprint density at radius 3 is 2.35 bits per heavy atom. The molecule has 26 heavy (non-hydrogen) atoms. The van der Waals surface area contributed by atoms with Crippen molar-refractivity contribution >= 4 is 17.5 Å². The molecule has 0 bridgehead atoms. The largest absolute Gasteiger partial charge is 0.467 e. The molecule has 0 radical (unpaired) electrons. The number of furan rings is 1. The quantitative estimate of drug-likeness (QED) is 0.730. The van der Waals surface area contributed by atoms with E-state index >= 15 is 0 Å². The van der Waals surface area contributed by atoms with Gasteiger partial charge in [0.25, 0.3) is 11.8 Å². The molecule has 5 heteroatoms. The van der Waals surface area contributed by atoms with E-state index in [2.05, 4.69) is 10.6 Å². The first kappa shape index (κ1) is 17.5. The van der Waals surface area contributed by atoms with Crippen LogP contribution in [-0.2, 0) is 6.54 Å². The van der Waals surface area contributed by atoms with Crippen molar-refractivity contribution in [2.45, 2.75) is 20.4 Å². The van der Waals surface area contributed by atoms with Crippen molar-refractivity contribution < 1.29 is 14.0 Å². The van der Waals surface area contributed by atoms with Crippen LogP contribution in [-0.4, -0.2) is 11.8 Å². The van der Waals surface area contributed by atoms with Gasteiger partial charge in [0.15, 0.2) is 0 Å². The van der Waals surface area contributed by atoms with Gasteiger partial charge in [-0.2, -0.15) is 0 Å². The van der Waals surface area contributed by atoms with Crippen LogP contribution >= 0.6 is 0 Å². The summed E-state index contributed by atoms with van der Waals surface area (Å²) in [5.41, 5.74) is 3.84. The summed E-state index contributed by atoms with van der Waals surface area (Å²) < 4.78 is 5.19. The molecular formula is C21H20N2O3. The molecule has 1 heterocycles. The van der Waals surface area contributed by atoms with Gasteiger partial charge in [0.05, 0.1) is 12.8 Å². The van der Waals surface area contributed by atoms with E-state index in [9.17, 15) is 9.59 Å². The van der Waals surface area contributed by atoms with Gasteiger partial charge in [-0.15, -0.1) is 0 Å². The highest BCUT2D eigenvalue weighted by molar-refractivity contribution is 6.06. The van der Waals surface area contributed by atoms with E-state index in [4.69, 9.17) is 4.42 Å². The predicted molar refractivity (Wildman–Crippen MR) is 100 cm³/mol. The van der Waals surface area contributed by atoms with Gasteiger partial charge in [-0.05, 0) is 67.4 Å². The van der Waals surface area contributed by atoms with E-state index in [1.807, 2.05) is 32.0 Å². The number of hydrogen-bond acceptors (Lipinski definition) is 3. The molecule has 0 unspecified atom stereocenters. The zero-order chi connectivity index (χ0) is 18.5. The highest BCUT2D eigenvalue weighted by atomic mass is 16.3. The number of amides is 2. The topological polar surface area (TPSA) is 71.3 Å². The molecule has 2 aromatic carbocycles. The summed E-state index contributed by atoms with van der Waals surface area (Å²) in [7, 11) is 0. The van der Waals surface area contributed by atoms with Gasteiger partial charge in [0.1, 0.15) is 5.76 Å². The van der Waals surface area contributed by atoms with Gasteiger partial charge in [-0.1, -0.05) is 12.1 Å². The average molecular weight is 348 g/mol. The van der Waals surface area contributed by atoms with E-state index in [1.165, 1.54) is 5.56 Å². The Morgan fingerprint density at radius 1 is 0.885 bits per heavy atom. The van der Waals surface area contributed by atoms with E-state index in [-0.39, 0.29) is 11.8 Å². The second kappa shape index (κ2) is 7.70. The molecule has 0 aliphatic rings. The first-order valence-electron chi connectivity index (χ1n) is 8.32. The fourth-order valence-electron chi connectivity index (χ4n) is 2.51. The summed E-state index contributed by atoms with van der Waals surface area (Å²) >= 11 is 0. The highest BCUT2D eigenvalue weighted by Gasteiger charge is 2.11. The lowest BCUT2D eigenvalue weighted by atomic mass is 10.1. The third-order valence-electron chi connectivity index (χ3n) is 4.16. The molecule has 1 aromatic heterocycles. The maximum atomic E-state index is 12.5. The number of aryl methyl sites for hydroxylation is 2. The fraction of sp³-hybridized carbons (Fsp3) is 0.143. The SMILES string of the molecule is Cc1ccc(NC(=O)c2cccc(C(=O)NCc3ccco3)c2)cc1C. The van der Waals surface area contributed by atoms with Crippen LogP contribution in [0, 0.1) is 13.8 Å². The Bertz CT molecular complexity index is 930. The molecule has 0 atom stereocenters. The molecular weight excluding hydrogens is 328 g/mol. The van der Waals surface area contributed by atoms with Crippen molar-refractivity contribution in [2.24, 2.45) is 0 Å². The van der Waals surface area contributed by atoms with Crippen molar-refractivity contribution in [3.05, 3.63) is 88.9 Å². The van der Waals surface area contributed by atoms with Gasteiger partial charge in [-0.25, -0.2) is 0 Å². The molecule has 5 nitrogen and oxygen atoms in total. The molecule has 0 spiro atoms. The van der Waals surface area contributed by atoms with Gasteiger partial charge < -0.3 is 15.1 Å². The molecule has 0 saturated heterocycles. The van der Waals surface area contributed by atoms with Gasteiger partial charge in [0, 0.05) is 16.8 Å². The number of nitrogens with one attached hydrogen (secondary N) is 2. The second-order valence-electron chi connectivity index (χ2n) is 6.10. The third-order valence-corrected chi connectivity index (χ3v) is 4.16. The van der Waals surface area contributed by atoms with Crippen molar-refractivity contribution in [2.75, 3.05) is 5.32 Å². The number of benzene rings is 2. The fourth-order valence-corrected chi connectivity index (χ4v) is 2.51. The second-order valence-corrected chi connectivity index (χ2v) is 6.10. The minimum atomic E-state index is -0.262. The van der Waals surface area contributed by atoms with E-state index < -0.39 is 0 Å². The van der Waals surface area contributed by atoms with Crippen LogP contribution in [0.15, 0.2) is 65.3 Å². The summed E-state index contributed by atoms with van der Waals surface area (Å²) in [5.74, 6) is 0.151. The predicted octanol–water partition coefficient (Wildman–Crippen LogP) is 4.08. The maximum Gasteiger partial charge on any atom is 0.255 e. The number of carbonyl (C=O) groups excluding carboxylic acids is 2. The Balaban J connectivity index is 1.68. The van der Waals surface area contributed by atoms with Crippen molar-refractivity contribution in [3.8, 4) is 0 Å². The molecule has 0 saturated carbocycles. The average Bonchev–Trinajstić information content (AvgIpc) is 3.16.